The van der Waals surface area contributed by atoms with E-state index in [9.17, 15) is 18.8 Å². The number of nitrogens with one attached hydrogen (secondary N) is 1. The van der Waals surface area contributed by atoms with E-state index in [0.717, 1.165) is 16.7 Å². The maximum atomic E-state index is 13.7. The molecule has 2 amide bonds. The van der Waals surface area contributed by atoms with Crippen molar-refractivity contribution in [1.82, 2.24) is 9.47 Å². The molecule has 27 heavy (non-hydrogen) atoms. The van der Waals surface area contributed by atoms with Gasteiger partial charge in [0.2, 0.25) is 11.8 Å². The summed E-state index contributed by atoms with van der Waals surface area (Å²) >= 11 is 0. The van der Waals surface area contributed by atoms with Crippen molar-refractivity contribution in [2.75, 3.05) is 11.9 Å². The molecule has 142 valence electrons. The maximum Gasteiger partial charge on any atom is 0.250 e. The first-order chi connectivity index (χ1) is 12.8. The fraction of sp³-hybridized carbons (Fsp3) is 0.350. The lowest BCUT2D eigenvalue weighted by Gasteiger charge is -2.29. The van der Waals surface area contributed by atoms with Crippen LogP contribution in [0.1, 0.15) is 29.5 Å². The van der Waals surface area contributed by atoms with Crippen LogP contribution in [0.25, 0.3) is 0 Å². The Hall–Kier alpha value is -2.96. The number of anilines is 1. The fourth-order valence-corrected chi connectivity index (χ4v) is 3.18. The van der Waals surface area contributed by atoms with Gasteiger partial charge in [-0.2, -0.15) is 0 Å². The fourth-order valence-electron chi connectivity index (χ4n) is 3.18. The SMILES string of the molecule is Cc1ccc(F)c(NC(=O)CCC(=O)N2CCc3cc(=O)n(C)cc3C2)c1. The van der Waals surface area contributed by atoms with Crippen molar-refractivity contribution in [2.45, 2.75) is 32.7 Å². The molecule has 0 fully saturated rings. The van der Waals surface area contributed by atoms with Gasteiger partial charge in [0.15, 0.2) is 0 Å². The van der Waals surface area contributed by atoms with Gasteiger partial charge in [-0.05, 0) is 42.2 Å². The highest BCUT2D eigenvalue weighted by Gasteiger charge is 2.22. The van der Waals surface area contributed by atoms with Crippen molar-refractivity contribution in [3.05, 3.63) is 63.3 Å². The number of aryl methyl sites for hydroxylation is 2. The van der Waals surface area contributed by atoms with Crippen molar-refractivity contribution in [2.24, 2.45) is 7.05 Å². The molecule has 0 radical (unpaired) electrons. The molecule has 1 aliphatic rings. The summed E-state index contributed by atoms with van der Waals surface area (Å²) < 4.78 is 15.2. The molecule has 1 N–H and O–H groups in total. The van der Waals surface area contributed by atoms with Gasteiger partial charge in [-0.1, -0.05) is 6.07 Å². The molecule has 1 aromatic heterocycles. The van der Waals surface area contributed by atoms with Crippen molar-refractivity contribution in [1.29, 1.82) is 0 Å². The summed E-state index contributed by atoms with van der Waals surface area (Å²) in [5.41, 5.74) is 2.82. The van der Waals surface area contributed by atoms with E-state index in [2.05, 4.69) is 5.32 Å². The second-order valence-electron chi connectivity index (χ2n) is 6.87. The second-order valence-corrected chi connectivity index (χ2v) is 6.87. The lowest BCUT2D eigenvalue weighted by Crippen LogP contribution is -2.37. The summed E-state index contributed by atoms with van der Waals surface area (Å²) in [6.07, 6.45) is 2.42. The molecule has 0 unspecified atom stereocenters. The minimum absolute atomic E-state index is 0.0111. The molecule has 0 saturated heterocycles. The minimum Gasteiger partial charge on any atom is -0.338 e. The molecular formula is C20H22FN3O3. The van der Waals surface area contributed by atoms with Gasteiger partial charge < -0.3 is 14.8 Å². The van der Waals surface area contributed by atoms with Crippen LogP contribution in [0.15, 0.2) is 35.3 Å². The first-order valence-electron chi connectivity index (χ1n) is 8.85. The summed E-state index contributed by atoms with van der Waals surface area (Å²) in [5.74, 6) is -1.03. The molecule has 1 aliphatic heterocycles. The zero-order valence-electron chi connectivity index (χ0n) is 15.4. The lowest BCUT2D eigenvalue weighted by molar-refractivity contribution is -0.133. The van der Waals surface area contributed by atoms with E-state index in [4.69, 9.17) is 0 Å². The van der Waals surface area contributed by atoms with E-state index in [1.807, 2.05) is 6.92 Å². The zero-order chi connectivity index (χ0) is 19.6. The zero-order valence-corrected chi connectivity index (χ0v) is 15.4. The Kier molecular flexibility index (Phi) is 5.39. The van der Waals surface area contributed by atoms with E-state index in [0.29, 0.717) is 19.5 Å². The van der Waals surface area contributed by atoms with Gasteiger partial charge in [0.25, 0.3) is 5.56 Å². The number of aromatic nitrogens is 1. The number of halogens is 1. The van der Waals surface area contributed by atoms with E-state index in [1.54, 1.807) is 36.3 Å². The van der Waals surface area contributed by atoms with E-state index in [1.165, 1.54) is 10.6 Å². The van der Waals surface area contributed by atoms with Gasteiger partial charge in [0.05, 0.1) is 5.69 Å². The molecule has 0 aliphatic carbocycles. The second kappa shape index (κ2) is 7.73. The molecule has 0 saturated carbocycles. The predicted molar refractivity (Wildman–Crippen MR) is 99.8 cm³/mol. The summed E-state index contributed by atoms with van der Waals surface area (Å²) in [6.45, 7) is 2.76. The molecule has 0 atom stereocenters. The minimum atomic E-state index is -0.501. The van der Waals surface area contributed by atoms with Crippen LogP contribution < -0.4 is 10.9 Å². The molecule has 7 heteroatoms. The Morgan fingerprint density at radius 3 is 2.74 bits per heavy atom. The summed E-state index contributed by atoms with van der Waals surface area (Å²) in [7, 11) is 1.68. The number of hydrogen-bond donors (Lipinski definition) is 1. The van der Waals surface area contributed by atoms with Crippen molar-refractivity contribution >= 4 is 17.5 Å². The van der Waals surface area contributed by atoms with Crippen LogP contribution in [0.2, 0.25) is 0 Å². The van der Waals surface area contributed by atoms with Gasteiger partial charge in [-0.15, -0.1) is 0 Å². The van der Waals surface area contributed by atoms with Crippen LogP contribution in [0.3, 0.4) is 0 Å². The molecule has 2 aromatic rings. The Balaban J connectivity index is 1.56. The van der Waals surface area contributed by atoms with Gasteiger partial charge in [-0.25, -0.2) is 4.39 Å². The first kappa shape index (κ1) is 18.8. The number of carbonyl (C=O) groups excluding carboxylic acids is 2. The Bertz CT molecular complexity index is 952. The number of benzene rings is 1. The lowest BCUT2D eigenvalue weighted by atomic mass is 10.0. The van der Waals surface area contributed by atoms with Gasteiger partial charge in [0, 0.05) is 45.2 Å². The molecule has 6 nitrogen and oxygen atoms in total. The molecule has 1 aromatic carbocycles. The highest BCUT2D eigenvalue weighted by Crippen LogP contribution is 2.19. The predicted octanol–water partition coefficient (Wildman–Crippen LogP) is 2.14. The summed E-state index contributed by atoms with van der Waals surface area (Å²) in [4.78, 5) is 37.9. The monoisotopic (exact) mass is 371 g/mol. The molecular weight excluding hydrogens is 349 g/mol. The summed E-state index contributed by atoms with van der Waals surface area (Å²) in [6, 6.07) is 6.09. The number of pyridine rings is 1. The average molecular weight is 371 g/mol. The van der Waals surface area contributed by atoms with Crippen LogP contribution in [0.5, 0.6) is 0 Å². The van der Waals surface area contributed by atoms with Crippen LogP contribution in [-0.4, -0.2) is 27.8 Å². The van der Waals surface area contributed by atoms with Crippen LogP contribution in [0, 0.1) is 12.7 Å². The van der Waals surface area contributed by atoms with E-state index >= 15 is 0 Å². The van der Waals surface area contributed by atoms with Crippen molar-refractivity contribution < 1.29 is 14.0 Å². The number of hydrogen-bond acceptors (Lipinski definition) is 3. The maximum absolute atomic E-state index is 13.7. The first-order valence-corrected chi connectivity index (χ1v) is 8.85. The number of fused-ring (bicyclic) bond motifs is 1. The summed E-state index contributed by atoms with van der Waals surface area (Å²) in [5, 5.41) is 2.52. The number of rotatable bonds is 4. The molecule has 0 spiro atoms. The number of carbonyl (C=O) groups is 2. The van der Waals surface area contributed by atoms with Gasteiger partial charge in [0.1, 0.15) is 5.82 Å². The number of nitrogens with zero attached hydrogens (tertiary/aromatic N) is 2. The smallest absolute Gasteiger partial charge is 0.250 e. The van der Waals surface area contributed by atoms with E-state index in [-0.39, 0.29) is 30.0 Å². The van der Waals surface area contributed by atoms with Crippen LogP contribution in [0.4, 0.5) is 10.1 Å². The third-order valence-corrected chi connectivity index (χ3v) is 4.73. The molecule has 0 bridgehead atoms. The third-order valence-electron chi connectivity index (χ3n) is 4.73. The standard InChI is InChI=1S/C20H22FN3O3/c1-13-3-4-16(21)17(9-13)22-18(25)5-6-19(26)24-8-7-14-10-20(27)23(2)11-15(14)12-24/h3-4,9-11H,5-8,12H2,1-2H3,(H,22,25). The highest BCUT2D eigenvalue weighted by atomic mass is 19.1. The quantitative estimate of drug-likeness (QED) is 0.895. The van der Waals surface area contributed by atoms with Crippen molar-refractivity contribution in [3.63, 3.8) is 0 Å². The Morgan fingerprint density at radius 1 is 1.19 bits per heavy atom. The Morgan fingerprint density at radius 2 is 1.96 bits per heavy atom. The molecule has 2 heterocycles. The highest BCUT2D eigenvalue weighted by molar-refractivity contribution is 5.93. The molecule has 3 rings (SSSR count). The number of amides is 2. The van der Waals surface area contributed by atoms with E-state index < -0.39 is 11.7 Å². The average Bonchev–Trinajstić information content (AvgIpc) is 2.63. The van der Waals surface area contributed by atoms with Crippen molar-refractivity contribution in [3.8, 4) is 0 Å². The topological polar surface area (TPSA) is 71.4 Å². The van der Waals surface area contributed by atoms with Crippen LogP contribution >= 0.6 is 0 Å². The van der Waals surface area contributed by atoms with Gasteiger partial charge >= 0.3 is 0 Å². The van der Waals surface area contributed by atoms with Crippen LogP contribution in [-0.2, 0) is 29.6 Å². The normalized spacial score (nSPS) is 13.2. The largest absolute Gasteiger partial charge is 0.338 e. The third kappa shape index (κ3) is 4.42. The van der Waals surface area contributed by atoms with Gasteiger partial charge in [-0.3, -0.25) is 14.4 Å². The Labute approximate surface area is 156 Å².